The van der Waals surface area contributed by atoms with Crippen LogP contribution in [0.3, 0.4) is 0 Å². The molecule has 0 fully saturated rings. The van der Waals surface area contributed by atoms with Crippen LogP contribution in [-0.2, 0) is 4.74 Å². The van der Waals surface area contributed by atoms with Crippen molar-refractivity contribution >= 4 is 0 Å². The van der Waals surface area contributed by atoms with Gasteiger partial charge >= 0.3 is 0 Å². The van der Waals surface area contributed by atoms with Crippen molar-refractivity contribution in [3.8, 4) is 0 Å². The molecular formula is C15H26N2O. The normalized spacial score (nSPS) is 13.6. The third-order valence-corrected chi connectivity index (χ3v) is 3.36. The number of aromatic nitrogens is 1. The van der Waals surface area contributed by atoms with Gasteiger partial charge in [-0.1, -0.05) is 6.92 Å². The van der Waals surface area contributed by atoms with Gasteiger partial charge in [0.1, 0.15) is 0 Å². The molecule has 1 unspecified atom stereocenters. The fourth-order valence-corrected chi connectivity index (χ4v) is 2.01. The Morgan fingerprint density at radius 3 is 2.72 bits per heavy atom. The second-order valence-corrected chi connectivity index (χ2v) is 5.34. The molecule has 0 bridgehead atoms. The van der Waals surface area contributed by atoms with Gasteiger partial charge in [0.25, 0.3) is 0 Å². The van der Waals surface area contributed by atoms with E-state index < -0.39 is 0 Å². The zero-order valence-electron chi connectivity index (χ0n) is 12.3. The second kappa shape index (κ2) is 6.86. The van der Waals surface area contributed by atoms with Gasteiger partial charge in [-0.2, -0.15) is 0 Å². The Bertz CT molecular complexity index is 363. The van der Waals surface area contributed by atoms with E-state index in [1.807, 2.05) is 13.1 Å². The number of aryl methyl sites for hydroxylation is 1. The SMILES string of the molecule is CCNC(CCC(C)(C)OC)c1ccnc(C)c1. The van der Waals surface area contributed by atoms with Crippen LogP contribution in [0.2, 0.25) is 0 Å². The zero-order valence-corrected chi connectivity index (χ0v) is 12.3. The van der Waals surface area contributed by atoms with Gasteiger partial charge in [-0.05, 0) is 57.9 Å². The second-order valence-electron chi connectivity index (χ2n) is 5.34. The van der Waals surface area contributed by atoms with Crippen LogP contribution in [0.1, 0.15) is 50.9 Å². The Hall–Kier alpha value is -0.930. The summed E-state index contributed by atoms with van der Waals surface area (Å²) in [6.45, 7) is 9.41. The van der Waals surface area contributed by atoms with Crippen LogP contribution in [-0.4, -0.2) is 24.2 Å². The maximum absolute atomic E-state index is 5.49. The van der Waals surface area contributed by atoms with Crippen molar-refractivity contribution < 1.29 is 4.74 Å². The summed E-state index contributed by atoms with van der Waals surface area (Å²) in [4.78, 5) is 4.25. The van der Waals surface area contributed by atoms with Crippen LogP contribution >= 0.6 is 0 Å². The number of pyridine rings is 1. The summed E-state index contributed by atoms with van der Waals surface area (Å²) in [5.74, 6) is 0. The quantitative estimate of drug-likeness (QED) is 0.806. The van der Waals surface area contributed by atoms with Gasteiger partial charge in [0.15, 0.2) is 0 Å². The Balaban J connectivity index is 2.71. The lowest BCUT2D eigenvalue weighted by atomic mass is 9.95. The van der Waals surface area contributed by atoms with E-state index in [4.69, 9.17) is 4.74 Å². The van der Waals surface area contributed by atoms with E-state index in [1.165, 1.54) is 5.56 Å². The van der Waals surface area contributed by atoms with Crippen molar-refractivity contribution in [1.29, 1.82) is 0 Å². The molecule has 0 aliphatic rings. The van der Waals surface area contributed by atoms with E-state index in [9.17, 15) is 0 Å². The molecule has 0 saturated carbocycles. The van der Waals surface area contributed by atoms with Crippen molar-refractivity contribution in [2.24, 2.45) is 0 Å². The predicted octanol–water partition coefficient (Wildman–Crippen LogP) is 3.25. The largest absolute Gasteiger partial charge is 0.379 e. The van der Waals surface area contributed by atoms with Crippen LogP contribution in [0.5, 0.6) is 0 Å². The van der Waals surface area contributed by atoms with Gasteiger partial charge in [-0.3, -0.25) is 4.98 Å². The topological polar surface area (TPSA) is 34.1 Å². The van der Waals surface area contributed by atoms with Gasteiger partial charge < -0.3 is 10.1 Å². The van der Waals surface area contributed by atoms with E-state index in [0.717, 1.165) is 25.1 Å². The van der Waals surface area contributed by atoms with Crippen LogP contribution in [0.25, 0.3) is 0 Å². The summed E-state index contributed by atoms with van der Waals surface area (Å²) in [5.41, 5.74) is 2.33. The smallest absolute Gasteiger partial charge is 0.0623 e. The van der Waals surface area contributed by atoms with Crippen molar-refractivity contribution in [3.63, 3.8) is 0 Å². The number of hydrogen-bond acceptors (Lipinski definition) is 3. The Morgan fingerprint density at radius 1 is 1.44 bits per heavy atom. The van der Waals surface area contributed by atoms with Crippen LogP contribution < -0.4 is 5.32 Å². The molecule has 1 heterocycles. The summed E-state index contributed by atoms with van der Waals surface area (Å²) >= 11 is 0. The highest BCUT2D eigenvalue weighted by molar-refractivity contribution is 5.19. The lowest BCUT2D eigenvalue weighted by molar-refractivity contribution is 0.0117. The van der Waals surface area contributed by atoms with Crippen molar-refractivity contribution in [1.82, 2.24) is 10.3 Å². The van der Waals surface area contributed by atoms with Crippen LogP contribution in [0.15, 0.2) is 18.3 Å². The van der Waals surface area contributed by atoms with Crippen molar-refractivity contribution in [2.75, 3.05) is 13.7 Å². The monoisotopic (exact) mass is 250 g/mol. The van der Waals surface area contributed by atoms with Gasteiger partial charge in [0, 0.05) is 25.0 Å². The van der Waals surface area contributed by atoms with E-state index in [1.54, 1.807) is 7.11 Å². The molecule has 102 valence electrons. The molecule has 1 N–H and O–H groups in total. The van der Waals surface area contributed by atoms with E-state index in [-0.39, 0.29) is 5.60 Å². The molecule has 0 aliphatic carbocycles. The fraction of sp³-hybridized carbons (Fsp3) is 0.667. The lowest BCUT2D eigenvalue weighted by Gasteiger charge is -2.26. The highest BCUT2D eigenvalue weighted by Crippen LogP contribution is 2.24. The van der Waals surface area contributed by atoms with E-state index in [0.29, 0.717) is 6.04 Å². The minimum absolute atomic E-state index is 0.0598. The Labute approximate surface area is 111 Å². The summed E-state index contributed by atoms with van der Waals surface area (Å²) in [5, 5.41) is 3.54. The van der Waals surface area contributed by atoms with Gasteiger partial charge in [-0.15, -0.1) is 0 Å². The molecule has 0 spiro atoms. The van der Waals surface area contributed by atoms with Gasteiger partial charge in [0.2, 0.25) is 0 Å². The third kappa shape index (κ3) is 4.75. The Kier molecular flexibility index (Phi) is 5.76. The first-order valence-corrected chi connectivity index (χ1v) is 6.69. The zero-order chi connectivity index (χ0) is 13.6. The van der Waals surface area contributed by atoms with Crippen LogP contribution in [0, 0.1) is 6.92 Å². The molecule has 1 aromatic heterocycles. The molecule has 1 atom stereocenters. The van der Waals surface area contributed by atoms with E-state index in [2.05, 4.69) is 43.2 Å². The number of nitrogens with one attached hydrogen (secondary N) is 1. The number of ether oxygens (including phenoxy) is 1. The molecule has 1 aromatic rings. The first-order valence-electron chi connectivity index (χ1n) is 6.69. The Morgan fingerprint density at radius 2 is 2.17 bits per heavy atom. The summed E-state index contributed by atoms with van der Waals surface area (Å²) in [6.07, 6.45) is 3.98. The summed E-state index contributed by atoms with van der Waals surface area (Å²) in [7, 11) is 1.78. The average molecular weight is 250 g/mol. The molecule has 1 rings (SSSR count). The maximum Gasteiger partial charge on any atom is 0.0623 e. The van der Waals surface area contributed by atoms with Gasteiger partial charge in [-0.25, -0.2) is 0 Å². The highest BCUT2D eigenvalue weighted by Gasteiger charge is 2.19. The third-order valence-electron chi connectivity index (χ3n) is 3.36. The standard InChI is InChI=1S/C15H26N2O/c1-6-16-14(7-9-15(3,4)18-5)13-8-10-17-12(2)11-13/h8,10-11,14,16H,6-7,9H2,1-5H3. The van der Waals surface area contributed by atoms with Crippen molar-refractivity contribution in [3.05, 3.63) is 29.6 Å². The molecule has 0 aliphatic heterocycles. The first kappa shape index (κ1) is 15.1. The van der Waals surface area contributed by atoms with Crippen molar-refractivity contribution in [2.45, 2.75) is 52.2 Å². The molecule has 0 amide bonds. The summed E-state index contributed by atoms with van der Waals surface area (Å²) < 4.78 is 5.49. The highest BCUT2D eigenvalue weighted by atomic mass is 16.5. The molecule has 3 nitrogen and oxygen atoms in total. The number of methoxy groups -OCH3 is 1. The molecular weight excluding hydrogens is 224 g/mol. The predicted molar refractivity (Wildman–Crippen MR) is 75.7 cm³/mol. The summed E-state index contributed by atoms with van der Waals surface area (Å²) in [6, 6.07) is 4.64. The number of nitrogens with zero attached hydrogens (tertiary/aromatic N) is 1. The molecule has 0 radical (unpaired) electrons. The number of hydrogen-bond donors (Lipinski definition) is 1. The van der Waals surface area contributed by atoms with E-state index >= 15 is 0 Å². The lowest BCUT2D eigenvalue weighted by Crippen LogP contribution is -2.27. The fourth-order valence-electron chi connectivity index (χ4n) is 2.01. The number of rotatable bonds is 7. The minimum Gasteiger partial charge on any atom is -0.379 e. The molecule has 18 heavy (non-hydrogen) atoms. The average Bonchev–Trinajstić information content (AvgIpc) is 2.34. The minimum atomic E-state index is -0.0598. The molecule has 0 saturated heterocycles. The van der Waals surface area contributed by atoms with Crippen LogP contribution in [0.4, 0.5) is 0 Å². The molecule has 0 aromatic carbocycles. The first-order chi connectivity index (χ1) is 8.48. The maximum atomic E-state index is 5.49. The van der Waals surface area contributed by atoms with Gasteiger partial charge in [0.05, 0.1) is 5.60 Å². The molecule has 3 heteroatoms.